The third-order valence-corrected chi connectivity index (χ3v) is 3.21. The summed E-state index contributed by atoms with van der Waals surface area (Å²) < 4.78 is 5.66. The summed E-state index contributed by atoms with van der Waals surface area (Å²) in [5.74, 6) is 0.467. The largest absolute Gasteiger partial charge is 0.481 e. The number of aryl methyl sites for hydroxylation is 1. The lowest BCUT2D eigenvalue weighted by atomic mass is 10.2. The van der Waals surface area contributed by atoms with Crippen molar-refractivity contribution in [1.29, 1.82) is 0 Å². The number of amides is 1. The Bertz CT molecular complexity index is 617. The topological polar surface area (TPSA) is 51.2 Å². The average molecular weight is 305 g/mol. The molecule has 0 bridgehead atoms. The molecule has 0 spiro atoms. The Labute approximate surface area is 129 Å². The Morgan fingerprint density at radius 3 is 2.86 bits per heavy atom. The second-order valence-electron chi connectivity index (χ2n) is 4.71. The van der Waals surface area contributed by atoms with Gasteiger partial charge in [-0.15, -0.1) is 0 Å². The first-order valence-corrected chi connectivity index (χ1v) is 7.04. The zero-order valence-corrected chi connectivity index (χ0v) is 12.7. The van der Waals surface area contributed by atoms with Gasteiger partial charge in [-0.1, -0.05) is 17.7 Å². The van der Waals surface area contributed by atoms with Crippen LogP contribution in [-0.2, 0) is 11.3 Å². The summed E-state index contributed by atoms with van der Waals surface area (Å²) in [6.07, 6.45) is 1.10. The number of rotatable bonds is 5. The molecule has 2 rings (SSSR count). The van der Waals surface area contributed by atoms with Gasteiger partial charge >= 0.3 is 0 Å². The average Bonchev–Trinajstić information content (AvgIpc) is 2.48. The van der Waals surface area contributed by atoms with Gasteiger partial charge < -0.3 is 10.1 Å². The van der Waals surface area contributed by atoms with E-state index in [2.05, 4.69) is 10.3 Å². The Morgan fingerprint density at radius 1 is 1.38 bits per heavy atom. The Hall–Kier alpha value is -2.07. The van der Waals surface area contributed by atoms with Gasteiger partial charge in [0.15, 0.2) is 6.10 Å². The summed E-state index contributed by atoms with van der Waals surface area (Å²) in [6.45, 7) is 3.98. The maximum absolute atomic E-state index is 12.0. The minimum Gasteiger partial charge on any atom is -0.481 e. The predicted molar refractivity (Wildman–Crippen MR) is 82.4 cm³/mol. The van der Waals surface area contributed by atoms with Gasteiger partial charge in [-0.2, -0.15) is 0 Å². The van der Waals surface area contributed by atoms with Crippen molar-refractivity contribution >= 4 is 17.5 Å². The van der Waals surface area contributed by atoms with E-state index in [1.54, 1.807) is 31.3 Å². The van der Waals surface area contributed by atoms with Gasteiger partial charge in [0.2, 0.25) is 0 Å². The summed E-state index contributed by atoms with van der Waals surface area (Å²) in [5.41, 5.74) is 1.70. The number of aromatic nitrogens is 1. The molecule has 110 valence electrons. The molecule has 2 aromatic rings. The summed E-state index contributed by atoms with van der Waals surface area (Å²) in [5, 5.41) is 3.44. The van der Waals surface area contributed by atoms with Gasteiger partial charge in [0, 0.05) is 11.2 Å². The molecule has 1 aromatic carbocycles. The number of ether oxygens (including phenoxy) is 1. The van der Waals surface area contributed by atoms with E-state index < -0.39 is 6.10 Å². The molecular weight excluding hydrogens is 288 g/mol. The SMILES string of the molecule is Cc1cc(Cl)ccc1O[C@H](C)C(=O)NCc1ccccn1. The smallest absolute Gasteiger partial charge is 0.261 e. The van der Waals surface area contributed by atoms with E-state index in [1.807, 2.05) is 25.1 Å². The number of carbonyl (C=O) groups is 1. The quantitative estimate of drug-likeness (QED) is 0.923. The Kier molecular flexibility index (Phi) is 5.17. The number of nitrogens with zero attached hydrogens (tertiary/aromatic N) is 1. The molecule has 0 saturated heterocycles. The molecule has 1 atom stereocenters. The maximum Gasteiger partial charge on any atom is 0.261 e. The number of nitrogens with one attached hydrogen (secondary N) is 1. The van der Waals surface area contributed by atoms with Crippen LogP contribution in [0.15, 0.2) is 42.6 Å². The first kappa shape index (κ1) is 15.3. The van der Waals surface area contributed by atoms with E-state index in [1.165, 1.54) is 0 Å². The van der Waals surface area contributed by atoms with Gasteiger partial charge in [0.05, 0.1) is 12.2 Å². The predicted octanol–water partition coefficient (Wildman–Crippen LogP) is 3.13. The molecule has 0 saturated carbocycles. The highest BCUT2D eigenvalue weighted by Gasteiger charge is 2.15. The third kappa shape index (κ3) is 4.46. The number of carbonyl (C=O) groups excluding carboxylic acids is 1. The highest BCUT2D eigenvalue weighted by molar-refractivity contribution is 6.30. The molecular formula is C16H17ClN2O2. The van der Waals surface area contributed by atoms with E-state index in [0.717, 1.165) is 11.3 Å². The summed E-state index contributed by atoms with van der Waals surface area (Å²) in [4.78, 5) is 16.2. The van der Waals surface area contributed by atoms with Crippen LogP contribution in [-0.4, -0.2) is 17.0 Å². The number of pyridine rings is 1. The molecule has 1 aromatic heterocycles. The molecule has 4 nitrogen and oxygen atoms in total. The van der Waals surface area contributed by atoms with Gasteiger partial charge in [-0.25, -0.2) is 0 Å². The summed E-state index contributed by atoms with van der Waals surface area (Å²) in [6, 6.07) is 10.9. The number of halogens is 1. The van der Waals surface area contributed by atoms with Crippen molar-refractivity contribution in [3.8, 4) is 5.75 Å². The normalized spacial score (nSPS) is 11.8. The second kappa shape index (κ2) is 7.09. The maximum atomic E-state index is 12.0. The van der Waals surface area contributed by atoms with Crippen molar-refractivity contribution in [3.05, 3.63) is 58.9 Å². The molecule has 21 heavy (non-hydrogen) atoms. The van der Waals surface area contributed by atoms with Crippen LogP contribution in [0.2, 0.25) is 5.02 Å². The van der Waals surface area contributed by atoms with Crippen molar-refractivity contribution in [1.82, 2.24) is 10.3 Å². The lowest BCUT2D eigenvalue weighted by Gasteiger charge is -2.16. The second-order valence-corrected chi connectivity index (χ2v) is 5.15. The van der Waals surface area contributed by atoms with Crippen LogP contribution in [0.1, 0.15) is 18.2 Å². The molecule has 1 N–H and O–H groups in total. The van der Waals surface area contributed by atoms with Crippen LogP contribution in [0, 0.1) is 6.92 Å². The monoisotopic (exact) mass is 304 g/mol. The van der Waals surface area contributed by atoms with Crippen molar-refractivity contribution in [2.75, 3.05) is 0 Å². The molecule has 0 aliphatic carbocycles. The zero-order valence-electron chi connectivity index (χ0n) is 12.0. The minimum absolute atomic E-state index is 0.185. The first-order valence-electron chi connectivity index (χ1n) is 6.66. The van der Waals surface area contributed by atoms with E-state index in [-0.39, 0.29) is 5.91 Å². The van der Waals surface area contributed by atoms with E-state index in [4.69, 9.17) is 16.3 Å². The van der Waals surface area contributed by atoms with Crippen LogP contribution < -0.4 is 10.1 Å². The van der Waals surface area contributed by atoms with E-state index in [9.17, 15) is 4.79 Å². The van der Waals surface area contributed by atoms with Crippen molar-refractivity contribution in [2.45, 2.75) is 26.5 Å². The number of benzene rings is 1. The van der Waals surface area contributed by atoms with Crippen LogP contribution in [0.25, 0.3) is 0 Å². The van der Waals surface area contributed by atoms with Gasteiger partial charge in [-0.05, 0) is 49.7 Å². The lowest BCUT2D eigenvalue weighted by Crippen LogP contribution is -2.36. The molecule has 0 aliphatic heterocycles. The molecule has 1 amide bonds. The van der Waals surface area contributed by atoms with Gasteiger partial charge in [0.25, 0.3) is 5.91 Å². The highest BCUT2D eigenvalue weighted by atomic mass is 35.5. The standard InChI is InChI=1S/C16H17ClN2O2/c1-11-9-13(17)6-7-15(11)21-12(2)16(20)19-10-14-5-3-4-8-18-14/h3-9,12H,10H2,1-2H3,(H,19,20)/t12-/m1/s1. The van der Waals surface area contributed by atoms with E-state index >= 15 is 0 Å². The minimum atomic E-state index is -0.589. The fourth-order valence-corrected chi connectivity index (χ4v) is 2.04. The van der Waals surface area contributed by atoms with Crippen LogP contribution in [0.5, 0.6) is 5.75 Å². The summed E-state index contributed by atoms with van der Waals surface area (Å²) in [7, 11) is 0. The lowest BCUT2D eigenvalue weighted by molar-refractivity contribution is -0.127. The van der Waals surface area contributed by atoms with Crippen LogP contribution >= 0.6 is 11.6 Å². The van der Waals surface area contributed by atoms with Gasteiger partial charge in [0.1, 0.15) is 5.75 Å². The number of hydrogen-bond acceptors (Lipinski definition) is 3. The third-order valence-electron chi connectivity index (χ3n) is 2.98. The van der Waals surface area contributed by atoms with Crippen LogP contribution in [0.3, 0.4) is 0 Å². The molecule has 0 radical (unpaired) electrons. The highest BCUT2D eigenvalue weighted by Crippen LogP contribution is 2.22. The zero-order chi connectivity index (χ0) is 15.2. The molecule has 0 aliphatic rings. The summed E-state index contributed by atoms with van der Waals surface area (Å²) >= 11 is 5.89. The number of hydrogen-bond donors (Lipinski definition) is 1. The molecule has 1 heterocycles. The Balaban J connectivity index is 1.90. The Morgan fingerprint density at radius 2 is 2.19 bits per heavy atom. The fraction of sp³-hybridized carbons (Fsp3) is 0.250. The van der Waals surface area contributed by atoms with Crippen molar-refractivity contribution in [3.63, 3.8) is 0 Å². The van der Waals surface area contributed by atoms with Crippen LogP contribution in [0.4, 0.5) is 0 Å². The van der Waals surface area contributed by atoms with Crippen molar-refractivity contribution in [2.24, 2.45) is 0 Å². The van der Waals surface area contributed by atoms with Crippen molar-refractivity contribution < 1.29 is 9.53 Å². The first-order chi connectivity index (χ1) is 10.1. The molecule has 5 heteroatoms. The van der Waals surface area contributed by atoms with E-state index in [0.29, 0.717) is 17.3 Å². The molecule has 0 unspecified atom stereocenters. The van der Waals surface area contributed by atoms with Gasteiger partial charge in [-0.3, -0.25) is 9.78 Å². The molecule has 0 fully saturated rings. The fourth-order valence-electron chi connectivity index (χ4n) is 1.81.